The maximum atomic E-state index is 11.1. The Hall–Kier alpha value is -2.35. The Morgan fingerprint density at radius 1 is 0.950 bits per heavy atom. The van der Waals surface area contributed by atoms with Gasteiger partial charge in [0.05, 0.1) is 0 Å². The summed E-state index contributed by atoms with van der Waals surface area (Å²) in [7, 11) is 0. The molecule has 1 aliphatic carbocycles. The maximum Gasteiger partial charge on any atom is 0.328 e. The Bertz CT molecular complexity index is 767. The van der Waals surface area contributed by atoms with Gasteiger partial charge in [-0.15, -0.1) is 0 Å². The summed E-state index contributed by atoms with van der Waals surface area (Å²) in [6.45, 7) is 6.27. The molecule has 0 aliphatic heterocycles. The lowest BCUT2D eigenvalue weighted by Gasteiger charge is -2.10. The third kappa shape index (κ3) is 1.68. The predicted molar refractivity (Wildman–Crippen MR) is 80.8 cm³/mol. The summed E-state index contributed by atoms with van der Waals surface area (Å²) in [5, 5.41) is 9.14. The number of hydrogen-bond donors (Lipinski definition) is 1. The molecule has 100 valence electrons. The molecule has 3 rings (SSSR count). The van der Waals surface area contributed by atoms with Gasteiger partial charge >= 0.3 is 5.97 Å². The van der Waals surface area contributed by atoms with E-state index in [1.165, 1.54) is 33.9 Å². The minimum atomic E-state index is -0.904. The molecule has 2 nitrogen and oxygen atoms in total. The fraction of sp³-hybridized carbons (Fsp3) is 0.167. The van der Waals surface area contributed by atoms with Crippen molar-refractivity contribution >= 4 is 11.5 Å². The zero-order valence-electron chi connectivity index (χ0n) is 11.8. The van der Waals surface area contributed by atoms with E-state index >= 15 is 0 Å². The normalized spacial score (nSPS) is 14.2. The Kier molecular flexibility index (Phi) is 2.75. The third-order valence-electron chi connectivity index (χ3n) is 4.11. The predicted octanol–water partition coefficient (Wildman–Crippen LogP) is 4.11. The van der Waals surface area contributed by atoms with Gasteiger partial charge < -0.3 is 5.11 Å². The van der Waals surface area contributed by atoms with Gasteiger partial charge in [0.2, 0.25) is 0 Å². The molecule has 0 heterocycles. The lowest BCUT2D eigenvalue weighted by atomic mass is 9.94. The monoisotopic (exact) mass is 264 g/mol. The summed E-state index contributed by atoms with van der Waals surface area (Å²) in [4.78, 5) is 11.1. The van der Waals surface area contributed by atoms with Crippen LogP contribution in [0.3, 0.4) is 0 Å². The molecule has 2 aromatic rings. The quantitative estimate of drug-likeness (QED) is 0.672. The first kappa shape index (κ1) is 12.7. The maximum absolute atomic E-state index is 11.1. The van der Waals surface area contributed by atoms with Crippen molar-refractivity contribution in [2.45, 2.75) is 20.8 Å². The van der Waals surface area contributed by atoms with Crippen molar-refractivity contribution < 1.29 is 9.90 Å². The summed E-state index contributed by atoms with van der Waals surface area (Å²) >= 11 is 0. The number of carbonyl (C=O) groups is 1. The van der Waals surface area contributed by atoms with E-state index < -0.39 is 5.97 Å². The van der Waals surface area contributed by atoms with Crippen molar-refractivity contribution in [3.63, 3.8) is 0 Å². The molecule has 0 aromatic heterocycles. The SMILES string of the molecule is Cc1ccc2c(c1C)-c1c(C)cccc1/C2=C/C(=O)O. The molecule has 0 unspecified atom stereocenters. The van der Waals surface area contributed by atoms with E-state index in [0.29, 0.717) is 0 Å². The Labute approximate surface area is 118 Å². The van der Waals surface area contributed by atoms with Gasteiger partial charge in [-0.3, -0.25) is 0 Å². The van der Waals surface area contributed by atoms with Gasteiger partial charge in [-0.25, -0.2) is 4.79 Å². The molecule has 0 amide bonds. The van der Waals surface area contributed by atoms with Gasteiger partial charge in [-0.1, -0.05) is 30.3 Å². The van der Waals surface area contributed by atoms with E-state index in [-0.39, 0.29) is 0 Å². The molecule has 2 heteroatoms. The van der Waals surface area contributed by atoms with Crippen molar-refractivity contribution in [2.75, 3.05) is 0 Å². The summed E-state index contributed by atoms with van der Waals surface area (Å²) in [5.41, 5.74) is 8.87. The van der Waals surface area contributed by atoms with Crippen LogP contribution in [-0.4, -0.2) is 11.1 Å². The standard InChI is InChI=1S/C18H16O2/c1-10-7-8-14-15(9-16(19)20)13-6-4-5-11(2)17(13)18(14)12(10)3/h4-9H,1-3H3,(H,19,20)/b15-9-. The van der Waals surface area contributed by atoms with Gasteiger partial charge in [0.15, 0.2) is 0 Å². The van der Waals surface area contributed by atoms with E-state index in [1.54, 1.807) is 0 Å². The molecule has 0 bridgehead atoms. The molecule has 0 fully saturated rings. The Morgan fingerprint density at radius 3 is 2.35 bits per heavy atom. The number of benzene rings is 2. The number of aryl methyl sites for hydroxylation is 2. The van der Waals surface area contributed by atoms with E-state index in [2.05, 4.69) is 32.9 Å². The fourth-order valence-electron chi connectivity index (χ4n) is 3.01. The van der Waals surface area contributed by atoms with E-state index in [9.17, 15) is 4.79 Å². The average molecular weight is 264 g/mol. The minimum absolute atomic E-state index is 0.814. The summed E-state index contributed by atoms with van der Waals surface area (Å²) < 4.78 is 0. The average Bonchev–Trinajstić information content (AvgIpc) is 2.70. The highest BCUT2D eigenvalue weighted by atomic mass is 16.4. The molecule has 0 atom stereocenters. The Balaban J connectivity index is 2.45. The summed E-state index contributed by atoms with van der Waals surface area (Å²) in [6.07, 6.45) is 1.32. The molecule has 20 heavy (non-hydrogen) atoms. The number of fused-ring (bicyclic) bond motifs is 3. The Morgan fingerprint density at radius 2 is 1.65 bits per heavy atom. The first-order chi connectivity index (χ1) is 9.50. The van der Waals surface area contributed by atoms with Gasteiger partial charge in [0.1, 0.15) is 0 Å². The number of carboxylic acid groups (broad SMARTS) is 1. The molecule has 1 N–H and O–H groups in total. The number of carboxylic acids is 1. The zero-order chi connectivity index (χ0) is 14.4. The second kappa shape index (κ2) is 4.34. The van der Waals surface area contributed by atoms with E-state index in [1.807, 2.05) is 18.2 Å². The second-order valence-electron chi connectivity index (χ2n) is 5.32. The largest absolute Gasteiger partial charge is 0.478 e. The number of aliphatic carboxylic acids is 1. The molecule has 2 aromatic carbocycles. The first-order valence-corrected chi connectivity index (χ1v) is 6.66. The topological polar surface area (TPSA) is 37.3 Å². The van der Waals surface area contributed by atoms with Crippen LogP contribution >= 0.6 is 0 Å². The van der Waals surface area contributed by atoms with Crippen LogP contribution < -0.4 is 0 Å². The minimum Gasteiger partial charge on any atom is -0.478 e. The van der Waals surface area contributed by atoms with Crippen LogP contribution in [0.25, 0.3) is 16.7 Å². The van der Waals surface area contributed by atoms with Gasteiger partial charge in [-0.2, -0.15) is 0 Å². The lowest BCUT2D eigenvalue weighted by molar-refractivity contribution is -0.131. The van der Waals surface area contributed by atoms with E-state index in [0.717, 1.165) is 16.7 Å². The first-order valence-electron chi connectivity index (χ1n) is 6.66. The molecular formula is C18H16O2. The molecule has 0 saturated carbocycles. The lowest BCUT2D eigenvalue weighted by Crippen LogP contribution is -1.92. The highest BCUT2D eigenvalue weighted by molar-refractivity contribution is 6.08. The van der Waals surface area contributed by atoms with Crippen LogP contribution in [0.15, 0.2) is 36.4 Å². The van der Waals surface area contributed by atoms with Crippen molar-refractivity contribution in [2.24, 2.45) is 0 Å². The number of rotatable bonds is 1. The highest BCUT2D eigenvalue weighted by Gasteiger charge is 2.27. The van der Waals surface area contributed by atoms with Crippen LogP contribution in [0.1, 0.15) is 27.8 Å². The van der Waals surface area contributed by atoms with Crippen LogP contribution in [0.2, 0.25) is 0 Å². The second-order valence-corrected chi connectivity index (χ2v) is 5.32. The van der Waals surface area contributed by atoms with Gasteiger partial charge in [0, 0.05) is 6.08 Å². The van der Waals surface area contributed by atoms with Crippen molar-refractivity contribution in [3.05, 3.63) is 64.2 Å². The fourth-order valence-corrected chi connectivity index (χ4v) is 3.01. The molecular weight excluding hydrogens is 248 g/mol. The van der Waals surface area contributed by atoms with Crippen LogP contribution in [0.5, 0.6) is 0 Å². The number of hydrogen-bond acceptors (Lipinski definition) is 1. The highest BCUT2D eigenvalue weighted by Crippen LogP contribution is 2.47. The summed E-state index contributed by atoms with van der Waals surface area (Å²) in [6, 6.07) is 10.2. The summed E-state index contributed by atoms with van der Waals surface area (Å²) in [5.74, 6) is -0.904. The van der Waals surface area contributed by atoms with Crippen LogP contribution in [0.4, 0.5) is 0 Å². The molecule has 1 aliphatic rings. The smallest absolute Gasteiger partial charge is 0.328 e. The van der Waals surface area contributed by atoms with Crippen LogP contribution in [-0.2, 0) is 4.79 Å². The third-order valence-corrected chi connectivity index (χ3v) is 4.11. The van der Waals surface area contributed by atoms with Crippen molar-refractivity contribution in [3.8, 4) is 11.1 Å². The molecule has 0 spiro atoms. The van der Waals surface area contributed by atoms with Crippen molar-refractivity contribution in [1.82, 2.24) is 0 Å². The zero-order valence-corrected chi connectivity index (χ0v) is 11.8. The van der Waals surface area contributed by atoms with Crippen molar-refractivity contribution in [1.29, 1.82) is 0 Å². The molecule has 0 radical (unpaired) electrons. The van der Waals surface area contributed by atoms with Gasteiger partial charge in [-0.05, 0) is 65.3 Å². The van der Waals surface area contributed by atoms with E-state index in [4.69, 9.17) is 5.11 Å². The molecule has 0 saturated heterocycles. The van der Waals surface area contributed by atoms with Crippen LogP contribution in [0, 0.1) is 20.8 Å². The van der Waals surface area contributed by atoms with Gasteiger partial charge in [0.25, 0.3) is 0 Å².